The smallest absolute Gasteiger partial charge is 0.306 e. The van der Waals surface area contributed by atoms with E-state index in [-0.39, 0.29) is 37.5 Å². The lowest BCUT2D eigenvalue weighted by Gasteiger charge is -2.18. The molecule has 0 rings (SSSR count). The fourth-order valence-electron chi connectivity index (χ4n) is 7.86. The Morgan fingerprint density at radius 3 is 0.813 bits per heavy atom. The number of allylic oxidation sites excluding steroid dienone is 24. The van der Waals surface area contributed by atoms with Crippen LogP contribution in [0.5, 0.6) is 0 Å². The van der Waals surface area contributed by atoms with Gasteiger partial charge in [0.2, 0.25) is 0 Å². The largest absolute Gasteiger partial charge is 0.462 e. The van der Waals surface area contributed by atoms with Gasteiger partial charge in [-0.05, 0) is 122 Å². The third-order valence-electron chi connectivity index (χ3n) is 12.3. The Balaban J connectivity index is 4.46. The predicted octanol–water partition coefficient (Wildman–Crippen LogP) is 20.8. The van der Waals surface area contributed by atoms with Crippen LogP contribution in [0.4, 0.5) is 0 Å². The summed E-state index contributed by atoms with van der Waals surface area (Å²) in [6.45, 7) is 6.36. The van der Waals surface area contributed by atoms with Gasteiger partial charge in [0.15, 0.2) is 6.10 Å². The second-order valence-electron chi connectivity index (χ2n) is 19.5. The molecule has 0 aromatic rings. The van der Waals surface area contributed by atoms with Crippen LogP contribution in [-0.4, -0.2) is 37.2 Å². The summed E-state index contributed by atoms with van der Waals surface area (Å²) in [5, 5.41) is 0. The van der Waals surface area contributed by atoms with E-state index >= 15 is 0 Å². The molecule has 0 radical (unpaired) electrons. The van der Waals surface area contributed by atoms with Gasteiger partial charge < -0.3 is 14.2 Å². The zero-order chi connectivity index (χ0) is 54.3. The van der Waals surface area contributed by atoms with Crippen LogP contribution in [0.15, 0.2) is 146 Å². The average molecular weight is 1040 g/mol. The molecule has 1 unspecified atom stereocenters. The van der Waals surface area contributed by atoms with E-state index in [9.17, 15) is 14.4 Å². The van der Waals surface area contributed by atoms with Crippen LogP contribution < -0.4 is 0 Å². The first-order valence-corrected chi connectivity index (χ1v) is 30.3. The fourth-order valence-corrected chi connectivity index (χ4v) is 7.86. The second-order valence-corrected chi connectivity index (χ2v) is 19.5. The molecule has 75 heavy (non-hydrogen) atoms. The van der Waals surface area contributed by atoms with Crippen LogP contribution in [0.3, 0.4) is 0 Å². The Bertz CT molecular complexity index is 1660. The number of carbonyl (C=O) groups excluding carboxylic acids is 3. The van der Waals surface area contributed by atoms with Crippen LogP contribution >= 0.6 is 0 Å². The maximum absolute atomic E-state index is 12.9. The highest BCUT2D eigenvalue weighted by Gasteiger charge is 2.19. The van der Waals surface area contributed by atoms with Crippen LogP contribution in [0, 0.1) is 0 Å². The molecule has 0 aromatic carbocycles. The van der Waals surface area contributed by atoms with E-state index in [0.29, 0.717) is 12.8 Å². The number of rotatable bonds is 53. The molecular formula is C69H110O6. The van der Waals surface area contributed by atoms with Crippen molar-refractivity contribution in [3.63, 3.8) is 0 Å². The highest BCUT2D eigenvalue weighted by atomic mass is 16.6. The molecule has 422 valence electrons. The number of carbonyl (C=O) groups is 3. The Kier molecular flexibility index (Phi) is 58.0. The lowest BCUT2D eigenvalue weighted by molar-refractivity contribution is -0.167. The Hall–Kier alpha value is -4.71. The van der Waals surface area contributed by atoms with Gasteiger partial charge in [0.1, 0.15) is 13.2 Å². The molecule has 0 saturated carbocycles. The second kappa shape index (κ2) is 61.8. The van der Waals surface area contributed by atoms with Gasteiger partial charge >= 0.3 is 17.9 Å². The maximum atomic E-state index is 12.9. The molecule has 6 nitrogen and oxygen atoms in total. The molecule has 0 heterocycles. The highest BCUT2D eigenvalue weighted by Crippen LogP contribution is 2.14. The summed E-state index contributed by atoms with van der Waals surface area (Å²) in [4.78, 5) is 38.2. The van der Waals surface area contributed by atoms with E-state index in [2.05, 4.69) is 167 Å². The lowest BCUT2D eigenvalue weighted by Crippen LogP contribution is -2.30. The minimum absolute atomic E-state index is 0.101. The third-order valence-corrected chi connectivity index (χ3v) is 12.3. The first-order chi connectivity index (χ1) is 37.0. The first kappa shape index (κ1) is 70.3. The standard InChI is InChI=1S/C69H110O6/c1-4-7-10-13-16-19-22-24-26-28-30-32-34-36-38-40-42-44-47-50-53-56-59-62-68(71)74-65-66(64-73-67(70)61-58-55-52-49-46-21-18-15-12-9-6-3)75-69(72)63-60-57-54-51-48-45-43-41-39-37-35-33-31-29-27-25-23-20-17-14-11-8-5-2/h7-8,10-11,16-17,19-20,24-27,30-33,36-39,42-45,66H,4-6,9,12-15,18,21-23,28-29,34-35,40-41,46-65H2,1-3H3/b10-7-,11-8-,19-16-,20-17-,26-24-,27-25-,32-30-,33-31-,38-36-,39-37-,44-42-,45-43-. The van der Waals surface area contributed by atoms with Gasteiger partial charge in [-0.25, -0.2) is 0 Å². The highest BCUT2D eigenvalue weighted by molar-refractivity contribution is 5.71. The van der Waals surface area contributed by atoms with Crippen molar-refractivity contribution in [1.82, 2.24) is 0 Å². The lowest BCUT2D eigenvalue weighted by atomic mass is 10.1. The topological polar surface area (TPSA) is 78.9 Å². The van der Waals surface area contributed by atoms with Crippen molar-refractivity contribution >= 4 is 17.9 Å². The molecule has 6 heteroatoms. The summed E-state index contributed by atoms with van der Waals surface area (Å²) < 4.78 is 16.8. The molecule has 0 aliphatic rings. The van der Waals surface area contributed by atoms with E-state index in [1.807, 2.05) is 0 Å². The SMILES string of the molecule is CC/C=C\C/C=C\C/C=C\C/C=C\C/C=C\C/C=C\CCCCCCC(=O)OCC(COC(=O)CCCCCCCCCCCCC)OC(=O)CCCCCC/C=C\C/C=C\C/C=C\C/C=C\C/C=C\C/C=C\CC. The van der Waals surface area contributed by atoms with Gasteiger partial charge in [-0.3, -0.25) is 14.4 Å². The van der Waals surface area contributed by atoms with Crippen molar-refractivity contribution in [2.45, 2.75) is 258 Å². The van der Waals surface area contributed by atoms with E-state index < -0.39 is 6.10 Å². The number of hydrogen-bond donors (Lipinski definition) is 0. The molecular weight excluding hydrogens is 925 g/mol. The summed E-state index contributed by atoms with van der Waals surface area (Å²) in [5.41, 5.74) is 0. The fraction of sp³-hybridized carbons (Fsp3) is 0.609. The summed E-state index contributed by atoms with van der Waals surface area (Å²) in [5.74, 6) is -0.956. The molecule has 1 atom stereocenters. The molecule has 0 amide bonds. The van der Waals surface area contributed by atoms with Crippen LogP contribution in [0.1, 0.15) is 252 Å². The summed E-state index contributed by atoms with van der Waals surface area (Å²) in [7, 11) is 0. The molecule has 0 spiro atoms. The van der Waals surface area contributed by atoms with Crippen molar-refractivity contribution in [3.05, 3.63) is 146 Å². The Morgan fingerprint density at radius 2 is 0.520 bits per heavy atom. The van der Waals surface area contributed by atoms with Crippen molar-refractivity contribution in [1.29, 1.82) is 0 Å². The van der Waals surface area contributed by atoms with Gasteiger partial charge in [0.25, 0.3) is 0 Å². The maximum Gasteiger partial charge on any atom is 0.306 e. The molecule has 0 saturated heterocycles. The van der Waals surface area contributed by atoms with Crippen molar-refractivity contribution in [3.8, 4) is 0 Å². The van der Waals surface area contributed by atoms with Crippen LogP contribution in [0.2, 0.25) is 0 Å². The van der Waals surface area contributed by atoms with Gasteiger partial charge in [-0.1, -0.05) is 256 Å². The van der Waals surface area contributed by atoms with Gasteiger partial charge in [-0.2, -0.15) is 0 Å². The van der Waals surface area contributed by atoms with E-state index in [1.165, 1.54) is 51.4 Å². The first-order valence-electron chi connectivity index (χ1n) is 30.3. The number of hydrogen-bond acceptors (Lipinski definition) is 6. The third kappa shape index (κ3) is 60.0. The molecule has 0 aliphatic heterocycles. The van der Waals surface area contributed by atoms with Gasteiger partial charge in [-0.15, -0.1) is 0 Å². The Morgan fingerprint density at radius 1 is 0.280 bits per heavy atom. The number of ether oxygens (including phenoxy) is 3. The summed E-state index contributed by atoms with van der Waals surface area (Å²) in [6.07, 6.45) is 88.4. The molecule has 0 N–H and O–H groups in total. The van der Waals surface area contributed by atoms with E-state index in [0.717, 1.165) is 161 Å². The molecule has 0 aromatic heterocycles. The quantitative estimate of drug-likeness (QED) is 0.0261. The average Bonchev–Trinajstić information content (AvgIpc) is 3.41. The van der Waals surface area contributed by atoms with E-state index in [4.69, 9.17) is 14.2 Å². The molecule has 0 aliphatic carbocycles. The molecule has 0 bridgehead atoms. The minimum Gasteiger partial charge on any atom is -0.462 e. The van der Waals surface area contributed by atoms with Crippen LogP contribution in [-0.2, 0) is 28.6 Å². The Labute approximate surface area is 461 Å². The van der Waals surface area contributed by atoms with Gasteiger partial charge in [0.05, 0.1) is 0 Å². The van der Waals surface area contributed by atoms with E-state index in [1.54, 1.807) is 0 Å². The zero-order valence-corrected chi connectivity index (χ0v) is 48.3. The normalized spacial score (nSPS) is 13.2. The van der Waals surface area contributed by atoms with Gasteiger partial charge in [0, 0.05) is 19.3 Å². The van der Waals surface area contributed by atoms with Crippen molar-refractivity contribution in [2.75, 3.05) is 13.2 Å². The number of unbranched alkanes of at least 4 members (excludes halogenated alkanes) is 18. The number of esters is 3. The monoisotopic (exact) mass is 1030 g/mol. The molecule has 0 fully saturated rings. The van der Waals surface area contributed by atoms with Crippen molar-refractivity contribution < 1.29 is 28.6 Å². The zero-order valence-electron chi connectivity index (χ0n) is 48.3. The summed E-state index contributed by atoms with van der Waals surface area (Å²) >= 11 is 0. The summed E-state index contributed by atoms with van der Waals surface area (Å²) in [6, 6.07) is 0. The van der Waals surface area contributed by atoms with Crippen LogP contribution in [0.25, 0.3) is 0 Å². The minimum atomic E-state index is -0.808. The predicted molar refractivity (Wildman–Crippen MR) is 325 cm³/mol. The van der Waals surface area contributed by atoms with Crippen molar-refractivity contribution in [2.24, 2.45) is 0 Å².